The molecule has 1 aromatic heterocycles. The highest BCUT2D eigenvalue weighted by Gasteiger charge is 2.19. The third kappa shape index (κ3) is 0.915. The highest BCUT2D eigenvalue weighted by Crippen LogP contribution is 2.40. The molecule has 0 bridgehead atoms. The van der Waals surface area contributed by atoms with Crippen molar-refractivity contribution in [2.45, 2.75) is 6.42 Å². The van der Waals surface area contributed by atoms with Gasteiger partial charge in [-0.25, -0.2) is 0 Å². The molecule has 78 valence electrons. The second-order valence-corrected chi connectivity index (χ2v) is 4.12. The van der Waals surface area contributed by atoms with Gasteiger partial charge in [-0.1, -0.05) is 24.3 Å². The number of furan rings is 1. The van der Waals surface area contributed by atoms with Gasteiger partial charge in [0.05, 0.1) is 12.0 Å². The Balaban J connectivity index is 2.27. The zero-order valence-electron chi connectivity index (χ0n) is 8.69. The van der Waals surface area contributed by atoms with Gasteiger partial charge in [-0.3, -0.25) is 0 Å². The average molecular weight is 210 g/mol. The van der Waals surface area contributed by atoms with Gasteiger partial charge in [0.1, 0.15) is 16.9 Å². The quantitative estimate of drug-likeness (QED) is 0.566. The van der Waals surface area contributed by atoms with Crippen LogP contribution in [-0.4, -0.2) is 6.61 Å². The number of fused-ring (bicyclic) bond motifs is 5. The summed E-state index contributed by atoms with van der Waals surface area (Å²) >= 11 is 0. The minimum Gasteiger partial charge on any atom is -0.492 e. The van der Waals surface area contributed by atoms with Crippen LogP contribution < -0.4 is 4.74 Å². The second-order valence-electron chi connectivity index (χ2n) is 4.12. The van der Waals surface area contributed by atoms with Gasteiger partial charge in [-0.15, -0.1) is 0 Å². The Morgan fingerprint density at radius 1 is 0.938 bits per heavy atom. The first-order chi connectivity index (χ1) is 7.93. The zero-order chi connectivity index (χ0) is 10.5. The number of ether oxygens (including phenoxy) is 1. The molecule has 3 aromatic rings. The van der Waals surface area contributed by atoms with Gasteiger partial charge in [0.15, 0.2) is 0 Å². The van der Waals surface area contributed by atoms with Crippen LogP contribution in [0, 0.1) is 0 Å². The van der Waals surface area contributed by atoms with Gasteiger partial charge in [0, 0.05) is 11.8 Å². The Morgan fingerprint density at radius 2 is 1.88 bits per heavy atom. The van der Waals surface area contributed by atoms with Gasteiger partial charge in [0.25, 0.3) is 0 Å². The molecule has 2 heteroatoms. The summed E-state index contributed by atoms with van der Waals surface area (Å²) in [7, 11) is 0. The summed E-state index contributed by atoms with van der Waals surface area (Å²) in [5.74, 6) is 1.02. The first-order valence-electron chi connectivity index (χ1n) is 5.49. The van der Waals surface area contributed by atoms with Crippen molar-refractivity contribution in [2.24, 2.45) is 0 Å². The van der Waals surface area contributed by atoms with E-state index >= 15 is 0 Å². The molecule has 2 nitrogen and oxygen atoms in total. The summed E-state index contributed by atoms with van der Waals surface area (Å²) in [5.41, 5.74) is 3.14. The topological polar surface area (TPSA) is 22.4 Å². The van der Waals surface area contributed by atoms with Crippen LogP contribution in [0.2, 0.25) is 0 Å². The lowest BCUT2D eigenvalue weighted by molar-refractivity contribution is 0.360. The Labute approximate surface area is 92.4 Å². The molecule has 0 fully saturated rings. The maximum absolute atomic E-state index is 5.80. The number of benzene rings is 2. The van der Waals surface area contributed by atoms with E-state index in [-0.39, 0.29) is 0 Å². The first kappa shape index (κ1) is 8.22. The summed E-state index contributed by atoms with van der Waals surface area (Å²) in [5, 5.41) is 2.28. The van der Waals surface area contributed by atoms with E-state index < -0.39 is 0 Å². The highest BCUT2D eigenvalue weighted by molar-refractivity contribution is 6.08. The van der Waals surface area contributed by atoms with E-state index in [9.17, 15) is 0 Å². The molecule has 4 rings (SSSR count). The van der Waals surface area contributed by atoms with Crippen molar-refractivity contribution in [3.63, 3.8) is 0 Å². The maximum atomic E-state index is 5.80. The van der Waals surface area contributed by atoms with Crippen LogP contribution >= 0.6 is 0 Å². The average Bonchev–Trinajstić information content (AvgIpc) is 2.91. The maximum Gasteiger partial charge on any atom is 0.139 e. The van der Waals surface area contributed by atoms with Crippen molar-refractivity contribution in [1.82, 2.24) is 0 Å². The third-order valence-corrected chi connectivity index (χ3v) is 3.20. The highest BCUT2D eigenvalue weighted by atomic mass is 16.5. The molecule has 0 spiro atoms. The molecule has 16 heavy (non-hydrogen) atoms. The van der Waals surface area contributed by atoms with Crippen molar-refractivity contribution in [2.75, 3.05) is 6.61 Å². The van der Waals surface area contributed by atoms with Crippen LogP contribution in [0.25, 0.3) is 21.9 Å². The molecule has 0 saturated carbocycles. The Kier molecular flexibility index (Phi) is 1.43. The van der Waals surface area contributed by atoms with Crippen LogP contribution in [0.5, 0.6) is 5.75 Å². The van der Waals surface area contributed by atoms with E-state index in [4.69, 9.17) is 9.15 Å². The lowest BCUT2D eigenvalue weighted by Gasteiger charge is -1.99. The number of rotatable bonds is 0. The van der Waals surface area contributed by atoms with Gasteiger partial charge >= 0.3 is 0 Å². The van der Waals surface area contributed by atoms with Crippen LogP contribution in [0.3, 0.4) is 0 Å². The van der Waals surface area contributed by atoms with Crippen LogP contribution in [-0.2, 0) is 6.42 Å². The molecular formula is C14H10O2. The lowest BCUT2D eigenvalue weighted by Crippen LogP contribution is -1.86. The molecule has 0 radical (unpaired) electrons. The summed E-state index contributed by atoms with van der Waals surface area (Å²) in [4.78, 5) is 0. The molecule has 1 aliphatic heterocycles. The Hall–Kier alpha value is -1.96. The minimum absolute atomic E-state index is 0.786. The van der Waals surface area contributed by atoms with Gasteiger partial charge < -0.3 is 9.15 Å². The summed E-state index contributed by atoms with van der Waals surface area (Å²) in [6.45, 7) is 0.786. The molecular weight excluding hydrogens is 200 g/mol. The van der Waals surface area contributed by atoms with Gasteiger partial charge in [0.2, 0.25) is 0 Å². The first-order valence-corrected chi connectivity index (χ1v) is 5.49. The van der Waals surface area contributed by atoms with Crippen molar-refractivity contribution in [3.05, 3.63) is 42.0 Å². The molecule has 0 N–H and O–H groups in total. The zero-order valence-corrected chi connectivity index (χ0v) is 8.69. The third-order valence-electron chi connectivity index (χ3n) is 3.20. The fourth-order valence-corrected chi connectivity index (χ4v) is 2.45. The lowest BCUT2D eigenvalue weighted by atomic mass is 10.1. The molecule has 0 amide bonds. The van der Waals surface area contributed by atoms with E-state index in [2.05, 4.69) is 12.1 Å². The van der Waals surface area contributed by atoms with Gasteiger partial charge in [-0.2, -0.15) is 0 Å². The van der Waals surface area contributed by atoms with E-state index in [0.717, 1.165) is 40.7 Å². The van der Waals surface area contributed by atoms with E-state index in [0.29, 0.717) is 0 Å². The van der Waals surface area contributed by atoms with Crippen molar-refractivity contribution >= 4 is 21.9 Å². The monoisotopic (exact) mass is 210 g/mol. The molecule has 2 aromatic carbocycles. The molecule has 0 saturated heterocycles. The molecule has 1 aliphatic rings. The Bertz CT molecular complexity index is 694. The summed E-state index contributed by atoms with van der Waals surface area (Å²) in [6.07, 6.45) is 1.00. The summed E-state index contributed by atoms with van der Waals surface area (Å²) in [6, 6.07) is 12.3. The molecule has 0 atom stereocenters. The van der Waals surface area contributed by atoms with Gasteiger partial charge in [-0.05, 0) is 17.7 Å². The standard InChI is InChI=1S/C14H10O2/c1-2-4-11-10(3-1)13-12(16-11)6-5-9-7-8-15-14(9)13/h1-6H,7-8H2. The Morgan fingerprint density at radius 3 is 2.88 bits per heavy atom. The molecule has 0 unspecified atom stereocenters. The van der Waals surface area contributed by atoms with E-state index in [1.165, 1.54) is 5.56 Å². The molecule has 2 heterocycles. The smallest absolute Gasteiger partial charge is 0.139 e. The van der Waals surface area contributed by atoms with Crippen molar-refractivity contribution in [1.29, 1.82) is 0 Å². The van der Waals surface area contributed by atoms with E-state index in [1.54, 1.807) is 0 Å². The van der Waals surface area contributed by atoms with Crippen LogP contribution in [0.1, 0.15) is 5.56 Å². The number of hydrogen-bond acceptors (Lipinski definition) is 2. The predicted molar refractivity (Wildman–Crippen MR) is 62.9 cm³/mol. The second kappa shape index (κ2) is 2.79. The number of hydrogen-bond donors (Lipinski definition) is 0. The number of para-hydroxylation sites is 1. The normalized spacial score (nSPS) is 14.2. The fraction of sp³-hybridized carbons (Fsp3) is 0.143. The van der Waals surface area contributed by atoms with Crippen LogP contribution in [0.15, 0.2) is 40.8 Å². The largest absolute Gasteiger partial charge is 0.492 e. The minimum atomic E-state index is 0.786. The summed E-state index contributed by atoms with van der Waals surface area (Å²) < 4.78 is 11.5. The predicted octanol–water partition coefficient (Wildman–Crippen LogP) is 3.52. The van der Waals surface area contributed by atoms with E-state index in [1.807, 2.05) is 24.3 Å². The fourth-order valence-electron chi connectivity index (χ4n) is 2.45. The van der Waals surface area contributed by atoms with Crippen LogP contribution in [0.4, 0.5) is 0 Å². The SMILES string of the molecule is c1ccc2c(c1)oc1ccc3c(c12)OCC3. The van der Waals surface area contributed by atoms with Crippen molar-refractivity contribution < 1.29 is 9.15 Å². The molecule has 0 aliphatic carbocycles. The van der Waals surface area contributed by atoms with Crippen molar-refractivity contribution in [3.8, 4) is 5.75 Å².